The summed E-state index contributed by atoms with van der Waals surface area (Å²) in [7, 11) is 0. The van der Waals surface area contributed by atoms with E-state index in [0.29, 0.717) is 11.5 Å². The lowest BCUT2D eigenvalue weighted by Gasteiger charge is -2.10. The van der Waals surface area contributed by atoms with Gasteiger partial charge in [-0.15, -0.1) is 11.3 Å². The highest BCUT2D eigenvalue weighted by molar-refractivity contribution is 7.19. The Morgan fingerprint density at radius 1 is 1.04 bits per heavy atom. The maximum Gasteiger partial charge on any atom is 0.335 e. The van der Waals surface area contributed by atoms with Crippen molar-refractivity contribution in [1.82, 2.24) is 9.97 Å². The molecule has 2 N–H and O–H groups in total. The Kier molecular flexibility index (Phi) is 4.57. The summed E-state index contributed by atoms with van der Waals surface area (Å²) in [5.74, 6) is -0.288. The van der Waals surface area contributed by atoms with Crippen molar-refractivity contribution in [2.75, 3.05) is 5.32 Å². The number of carbonyl (C=O) groups is 1. The van der Waals surface area contributed by atoms with Gasteiger partial charge < -0.3 is 10.4 Å². The van der Waals surface area contributed by atoms with Crippen LogP contribution in [-0.2, 0) is 0 Å². The molecule has 2 aromatic heterocycles. The van der Waals surface area contributed by atoms with Crippen LogP contribution in [0.4, 0.5) is 11.5 Å². The third-order valence-corrected chi connectivity index (χ3v) is 5.85. The van der Waals surface area contributed by atoms with Gasteiger partial charge >= 0.3 is 5.97 Å². The molecule has 0 bridgehead atoms. The van der Waals surface area contributed by atoms with E-state index >= 15 is 0 Å². The lowest BCUT2D eigenvalue weighted by molar-refractivity contribution is 0.0697. The van der Waals surface area contributed by atoms with Gasteiger partial charge in [0, 0.05) is 16.1 Å². The molecular formula is C22H19N3O2S. The number of aryl methyl sites for hydroxylation is 3. The van der Waals surface area contributed by atoms with Crippen LogP contribution in [0, 0.1) is 20.8 Å². The largest absolute Gasteiger partial charge is 0.478 e. The van der Waals surface area contributed by atoms with Crippen molar-refractivity contribution in [3.8, 4) is 11.1 Å². The van der Waals surface area contributed by atoms with E-state index in [1.807, 2.05) is 6.07 Å². The zero-order valence-corrected chi connectivity index (χ0v) is 16.6. The normalized spacial score (nSPS) is 11.0. The van der Waals surface area contributed by atoms with E-state index in [1.165, 1.54) is 22.3 Å². The van der Waals surface area contributed by atoms with Crippen LogP contribution >= 0.6 is 11.3 Å². The molecule has 5 nitrogen and oxygen atoms in total. The molecule has 6 heteroatoms. The minimum Gasteiger partial charge on any atom is -0.478 e. The van der Waals surface area contributed by atoms with Crippen LogP contribution < -0.4 is 5.32 Å². The van der Waals surface area contributed by atoms with Crippen LogP contribution in [0.3, 0.4) is 0 Å². The zero-order valence-electron chi connectivity index (χ0n) is 15.8. The third-order valence-electron chi connectivity index (χ3n) is 4.83. The Bertz CT molecular complexity index is 1210. The molecule has 0 fully saturated rings. The van der Waals surface area contributed by atoms with Crippen molar-refractivity contribution in [3.63, 3.8) is 0 Å². The van der Waals surface area contributed by atoms with Gasteiger partial charge in [0.05, 0.1) is 10.9 Å². The van der Waals surface area contributed by atoms with Crippen molar-refractivity contribution in [2.45, 2.75) is 20.8 Å². The Morgan fingerprint density at radius 2 is 1.86 bits per heavy atom. The van der Waals surface area contributed by atoms with E-state index in [-0.39, 0.29) is 5.56 Å². The first-order valence-electron chi connectivity index (χ1n) is 8.86. The summed E-state index contributed by atoms with van der Waals surface area (Å²) < 4.78 is 0. The first kappa shape index (κ1) is 18.1. The number of hydrogen-bond donors (Lipinski definition) is 2. The van der Waals surface area contributed by atoms with Crippen LogP contribution in [0.25, 0.3) is 21.3 Å². The molecule has 2 aromatic carbocycles. The standard InChI is InChI=1S/C22H19N3O2S/c1-12-7-8-15(9-13(12)2)18-14(3)28-21-19(18)20(23-11-24-21)25-17-6-4-5-16(10-17)22(26)27/h4-11H,1-3H3,(H,26,27)(H,23,24,25). The van der Waals surface area contributed by atoms with Crippen LogP contribution in [0.5, 0.6) is 0 Å². The number of fused-ring (bicyclic) bond motifs is 1. The average molecular weight is 389 g/mol. The molecule has 140 valence electrons. The van der Waals surface area contributed by atoms with Crippen LogP contribution in [0.15, 0.2) is 48.8 Å². The van der Waals surface area contributed by atoms with Gasteiger partial charge in [-0.2, -0.15) is 0 Å². The highest BCUT2D eigenvalue weighted by Gasteiger charge is 2.17. The molecular weight excluding hydrogens is 370 g/mol. The topological polar surface area (TPSA) is 75.1 Å². The summed E-state index contributed by atoms with van der Waals surface area (Å²) in [5.41, 5.74) is 5.63. The molecule has 4 rings (SSSR count). The number of benzene rings is 2. The van der Waals surface area contributed by atoms with Crippen molar-refractivity contribution in [2.24, 2.45) is 0 Å². The van der Waals surface area contributed by atoms with Gasteiger partial charge in [-0.25, -0.2) is 14.8 Å². The number of carboxylic acids is 1. The van der Waals surface area contributed by atoms with Crippen LogP contribution in [-0.4, -0.2) is 21.0 Å². The van der Waals surface area contributed by atoms with E-state index in [0.717, 1.165) is 21.3 Å². The van der Waals surface area contributed by atoms with Gasteiger partial charge in [0.15, 0.2) is 0 Å². The highest BCUT2D eigenvalue weighted by Crippen LogP contribution is 2.41. The Balaban J connectivity index is 1.87. The SMILES string of the molecule is Cc1ccc(-c2c(C)sc3ncnc(Nc4cccc(C(=O)O)c4)c23)cc1C. The summed E-state index contributed by atoms with van der Waals surface area (Å²) in [6.45, 7) is 6.30. The number of nitrogens with zero attached hydrogens (tertiary/aromatic N) is 2. The quantitative estimate of drug-likeness (QED) is 0.466. The summed E-state index contributed by atoms with van der Waals surface area (Å²) >= 11 is 1.63. The molecule has 0 amide bonds. The van der Waals surface area contributed by atoms with E-state index < -0.39 is 5.97 Å². The predicted molar refractivity (Wildman–Crippen MR) is 114 cm³/mol. The summed E-state index contributed by atoms with van der Waals surface area (Å²) in [6.07, 6.45) is 1.53. The first-order valence-corrected chi connectivity index (χ1v) is 9.68. The van der Waals surface area contributed by atoms with Gasteiger partial charge in [-0.3, -0.25) is 0 Å². The number of aromatic nitrogens is 2. The maximum atomic E-state index is 11.3. The summed E-state index contributed by atoms with van der Waals surface area (Å²) in [6, 6.07) is 13.2. The molecule has 0 saturated heterocycles. The Morgan fingerprint density at radius 3 is 2.61 bits per heavy atom. The fraction of sp³-hybridized carbons (Fsp3) is 0.136. The summed E-state index contributed by atoms with van der Waals surface area (Å²) in [5, 5.41) is 13.5. The average Bonchev–Trinajstić information content (AvgIpc) is 3.01. The number of nitrogens with one attached hydrogen (secondary N) is 1. The Labute approximate surface area is 166 Å². The number of carboxylic acid groups (broad SMARTS) is 1. The van der Waals surface area contributed by atoms with Gasteiger partial charge in [-0.05, 0) is 55.7 Å². The molecule has 0 spiro atoms. The van der Waals surface area contributed by atoms with E-state index in [2.05, 4.69) is 54.3 Å². The third kappa shape index (κ3) is 3.23. The Hall–Kier alpha value is -3.25. The number of thiophene rings is 1. The number of anilines is 2. The van der Waals surface area contributed by atoms with Gasteiger partial charge in [0.25, 0.3) is 0 Å². The molecule has 0 saturated carbocycles. The number of rotatable bonds is 4. The van der Waals surface area contributed by atoms with Gasteiger partial charge in [0.2, 0.25) is 0 Å². The first-order chi connectivity index (χ1) is 13.4. The molecule has 0 atom stereocenters. The second-order valence-electron chi connectivity index (χ2n) is 6.75. The molecule has 0 aliphatic rings. The monoisotopic (exact) mass is 389 g/mol. The minimum absolute atomic E-state index is 0.228. The fourth-order valence-electron chi connectivity index (χ4n) is 3.25. The van der Waals surface area contributed by atoms with E-state index in [1.54, 1.807) is 29.5 Å². The van der Waals surface area contributed by atoms with Crippen molar-refractivity contribution in [3.05, 3.63) is 70.4 Å². The predicted octanol–water partition coefficient (Wildman–Crippen LogP) is 5.73. The van der Waals surface area contributed by atoms with Crippen molar-refractivity contribution < 1.29 is 9.90 Å². The summed E-state index contributed by atoms with van der Waals surface area (Å²) in [4.78, 5) is 22.2. The van der Waals surface area contributed by atoms with E-state index in [4.69, 9.17) is 0 Å². The van der Waals surface area contributed by atoms with Crippen molar-refractivity contribution in [1.29, 1.82) is 0 Å². The molecule has 2 heterocycles. The molecule has 4 aromatic rings. The molecule has 0 unspecified atom stereocenters. The second-order valence-corrected chi connectivity index (χ2v) is 7.95. The van der Waals surface area contributed by atoms with Crippen LogP contribution in [0.1, 0.15) is 26.4 Å². The smallest absolute Gasteiger partial charge is 0.335 e. The lowest BCUT2D eigenvalue weighted by Crippen LogP contribution is -1.99. The lowest BCUT2D eigenvalue weighted by atomic mass is 9.99. The molecule has 0 radical (unpaired) electrons. The van der Waals surface area contributed by atoms with Gasteiger partial charge in [-0.1, -0.05) is 24.3 Å². The van der Waals surface area contributed by atoms with E-state index in [9.17, 15) is 9.90 Å². The number of aromatic carboxylic acids is 1. The highest BCUT2D eigenvalue weighted by atomic mass is 32.1. The number of hydrogen-bond acceptors (Lipinski definition) is 5. The van der Waals surface area contributed by atoms with Gasteiger partial charge in [0.1, 0.15) is 17.0 Å². The fourth-order valence-corrected chi connectivity index (χ4v) is 4.26. The maximum absolute atomic E-state index is 11.3. The second kappa shape index (κ2) is 7.05. The van der Waals surface area contributed by atoms with Crippen molar-refractivity contribution >= 4 is 39.0 Å². The minimum atomic E-state index is -0.960. The van der Waals surface area contributed by atoms with Crippen LogP contribution in [0.2, 0.25) is 0 Å². The molecule has 0 aliphatic carbocycles. The zero-order chi connectivity index (χ0) is 19.8. The molecule has 28 heavy (non-hydrogen) atoms. The molecule has 0 aliphatic heterocycles.